The van der Waals surface area contributed by atoms with Gasteiger partial charge in [0.05, 0.1) is 6.54 Å². The van der Waals surface area contributed by atoms with Crippen LogP contribution in [0.5, 0.6) is 0 Å². The maximum atomic E-state index is 9.92. The highest BCUT2D eigenvalue weighted by atomic mass is 35.5. The summed E-state index contributed by atoms with van der Waals surface area (Å²) in [5.41, 5.74) is 4.78. The molecule has 0 aromatic carbocycles. The fourth-order valence-corrected chi connectivity index (χ4v) is 0.248. The van der Waals surface area contributed by atoms with Crippen molar-refractivity contribution in [3.8, 4) is 0 Å². The Morgan fingerprint density at radius 2 is 2.25 bits per heavy atom. The first kappa shape index (κ1) is 10.7. The maximum Gasteiger partial charge on any atom is 0.231 e. The highest BCUT2D eigenvalue weighted by Gasteiger charge is 1.86. The van der Waals surface area contributed by atoms with E-state index in [2.05, 4.69) is 5.32 Å². The molecular formula is C4H11ClN2O. The summed E-state index contributed by atoms with van der Waals surface area (Å²) in [6.45, 7) is 3.00. The Kier molecular flexibility index (Phi) is 8.95. The van der Waals surface area contributed by atoms with E-state index in [0.29, 0.717) is 0 Å². The summed E-state index contributed by atoms with van der Waals surface area (Å²) in [5, 5.41) is 2.77. The summed E-state index contributed by atoms with van der Waals surface area (Å²) in [7, 11) is 0. The zero-order valence-electron chi connectivity index (χ0n) is 4.81. The van der Waals surface area contributed by atoms with Crippen LogP contribution in [0.2, 0.25) is 0 Å². The lowest BCUT2D eigenvalue weighted by molar-refractivity contribution is -0.117. The number of nitrogens with two attached hydrogens (primary N) is 1. The number of hydrogen-bond donors (Lipinski definition) is 2. The Bertz CT molecular complexity index is 67.1. The third-order valence-corrected chi connectivity index (χ3v) is 0.549. The number of carbonyl (C=O) groups is 1. The van der Waals surface area contributed by atoms with Gasteiger partial charge in [-0.25, -0.2) is 0 Å². The molecular weight excluding hydrogens is 128 g/mol. The van der Waals surface area contributed by atoms with E-state index < -0.39 is 0 Å². The third kappa shape index (κ3) is 9.21. The van der Waals surface area contributed by atoms with Crippen molar-refractivity contribution in [2.24, 2.45) is 5.73 Å². The van der Waals surface area contributed by atoms with Gasteiger partial charge < -0.3 is 11.1 Å². The fraction of sp³-hybridized carbons (Fsp3) is 0.750. The van der Waals surface area contributed by atoms with Gasteiger partial charge in [-0.2, -0.15) is 0 Å². The van der Waals surface area contributed by atoms with Gasteiger partial charge in [-0.15, -0.1) is 12.4 Å². The number of likely N-dealkylation sites (N-methyl/N-ethyl adjacent to an activating group) is 1. The van der Waals surface area contributed by atoms with Crippen molar-refractivity contribution in [3.63, 3.8) is 0 Å². The summed E-state index contributed by atoms with van der Waals surface area (Å²) in [6, 6.07) is 0. The van der Waals surface area contributed by atoms with Crippen LogP contribution in [0.1, 0.15) is 6.92 Å². The molecule has 0 rings (SSSR count). The van der Waals surface area contributed by atoms with Crippen molar-refractivity contribution in [3.05, 3.63) is 0 Å². The maximum absolute atomic E-state index is 9.92. The first-order valence-electron chi connectivity index (χ1n) is 2.26. The first-order chi connectivity index (χ1) is 3.27. The summed E-state index contributed by atoms with van der Waals surface area (Å²) in [5.74, 6) is -0.304. The number of hydrogen-bond acceptors (Lipinski definition) is 2. The molecule has 0 aliphatic rings. The molecule has 0 aliphatic carbocycles. The summed E-state index contributed by atoms with van der Waals surface area (Å²) in [6.07, 6.45) is 0. The van der Waals surface area contributed by atoms with Gasteiger partial charge in [-0.05, 0) is 6.54 Å². The molecule has 0 unspecified atom stereocenters. The monoisotopic (exact) mass is 138 g/mol. The molecule has 0 aromatic heterocycles. The van der Waals surface area contributed by atoms with E-state index in [4.69, 9.17) is 5.73 Å². The Morgan fingerprint density at radius 1 is 1.75 bits per heavy atom. The molecule has 8 heavy (non-hydrogen) atoms. The SMILES string of the molecule is CCNCC(N)=O.Cl. The van der Waals surface area contributed by atoms with E-state index in [1.165, 1.54) is 0 Å². The zero-order chi connectivity index (χ0) is 5.70. The molecule has 0 radical (unpaired) electrons. The van der Waals surface area contributed by atoms with Crippen LogP contribution in [0.25, 0.3) is 0 Å². The molecule has 50 valence electrons. The minimum Gasteiger partial charge on any atom is -0.369 e. The molecule has 3 nitrogen and oxygen atoms in total. The summed E-state index contributed by atoms with van der Waals surface area (Å²) >= 11 is 0. The normalized spacial score (nSPS) is 7.62. The molecule has 3 N–H and O–H groups in total. The first-order valence-corrected chi connectivity index (χ1v) is 2.26. The van der Waals surface area contributed by atoms with Crippen molar-refractivity contribution >= 4 is 18.3 Å². The molecule has 0 saturated carbocycles. The van der Waals surface area contributed by atoms with E-state index in [9.17, 15) is 4.79 Å². The fourth-order valence-electron chi connectivity index (χ4n) is 0.248. The molecule has 0 atom stereocenters. The average molecular weight is 139 g/mol. The molecule has 0 saturated heterocycles. The minimum atomic E-state index is -0.304. The second kappa shape index (κ2) is 6.72. The van der Waals surface area contributed by atoms with Crippen LogP contribution in [0.4, 0.5) is 0 Å². The number of rotatable bonds is 3. The smallest absolute Gasteiger partial charge is 0.231 e. The van der Waals surface area contributed by atoms with Gasteiger partial charge in [0, 0.05) is 0 Å². The summed E-state index contributed by atoms with van der Waals surface area (Å²) < 4.78 is 0. The van der Waals surface area contributed by atoms with Crippen molar-refractivity contribution < 1.29 is 4.79 Å². The topological polar surface area (TPSA) is 55.1 Å². The van der Waals surface area contributed by atoms with Crippen LogP contribution in [0.15, 0.2) is 0 Å². The van der Waals surface area contributed by atoms with Crippen LogP contribution >= 0.6 is 12.4 Å². The van der Waals surface area contributed by atoms with Crippen LogP contribution in [0, 0.1) is 0 Å². The van der Waals surface area contributed by atoms with Crippen molar-refractivity contribution in [2.45, 2.75) is 6.92 Å². The second-order valence-corrected chi connectivity index (χ2v) is 1.25. The minimum absolute atomic E-state index is 0. The van der Waals surface area contributed by atoms with Gasteiger partial charge in [0.1, 0.15) is 0 Å². The van der Waals surface area contributed by atoms with Gasteiger partial charge in [-0.1, -0.05) is 6.92 Å². The van der Waals surface area contributed by atoms with Gasteiger partial charge in [-0.3, -0.25) is 4.79 Å². The largest absolute Gasteiger partial charge is 0.369 e. The number of nitrogens with one attached hydrogen (secondary N) is 1. The van der Waals surface area contributed by atoms with Crippen LogP contribution in [-0.4, -0.2) is 19.0 Å². The Balaban J connectivity index is 0. The molecule has 1 amide bonds. The van der Waals surface area contributed by atoms with Crippen molar-refractivity contribution in [2.75, 3.05) is 13.1 Å². The zero-order valence-corrected chi connectivity index (χ0v) is 5.62. The quantitative estimate of drug-likeness (QED) is 0.553. The highest BCUT2D eigenvalue weighted by Crippen LogP contribution is 1.52. The van der Waals surface area contributed by atoms with E-state index in [1.54, 1.807) is 0 Å². The van der Waals surface area contributed by atoms with Crippen LogP contribution in [-0.2, 0) is 4.79 Å². The average Bonchev–Trinajstić information content (AvgIpc) is 1.61. The van der Waals surface area contributed by atoms with Gasteiger partial charge in [0.15, 0.2) is 0 Å². The molecule has 0 fully saturated rings. The van der Waals surface area contributed by atoms with E-state index in [0.717, 1.165) is 6.54 Å². The number of halogens is 1. The van der Waals surface area contributed by atoms with Crippen LogP contribution in [0.3, 0.4) is 0 Å². The predicted molar refractivity (Wildman–Crippen MR) is 35.0 cm³/mol. The molecule has 0 aliphatic heterocycles. The van der Waals surface area contributed by atoms with Crippen LogP contribution < -0.4 is 11.1 Å². The van der Waals surface area contributed by atoms with Crippen molar-refractivity contribution in [1.82, 2.24) is 5.32 Å². The predicted octanol–water partition coefficient (Wildman–Crippen LogP) is -0.497. The number of amides is 1. The molecule has 4 heteroatoms. The Hall–Kier alpha value is -0.280. The molecule has 0 spiro atoms. The van der Waals surface area contributed by atoms with Crippen molar-refractivity contribution in [1.29, 1.82) is 0 Å². The second-order valence-electron chi connectivity index (χ2n) is 1.25. The number of primary amides is 1. The molecule has 0 bridgehead atoms. The van der Waals surface area contributed by atoms with E-state index in [1.807, 2.05) is 6.92 Å². The Morgan fingerprint density at radius 3 is 2.38 bits per heavy atom. The number of carbonyl (C=O) groups excluding carboxylic acids is 1. The Labute approximate surface area is 55.0 Å². The molecule has 0 heterocycles. The standard InChI is InChI=1S/C4H10N2O.ClH/c1-2-6-3-4(5)7;/h6H,2-3H2,1H3,(H2,5,7);1H. The lowest BCUT2D eigenvalue weighted by Crippen LogP contribution is -2.28. The highest BCUT2D eigenvalue weighted by molar-refractivity contribution is 5.85. The van der Waals surface area contributed by atoms with E-state index >= 15 is 0 Å². The van der Waals surface area contributed by atoms with E-state index in [-0.39, 0.29) is 24.9 Å². The lowest BCUT2D eigenvalue weighted by atomic mass is 10.6. The van der Waals surface area contributed by atoms with Gasteiger partial charge >= 0.3 is 0 Å². The summed E-state index contributed by atoms with van der Waals surface area (Å²) in [4.78, 5) is 9.92. The molecule has 0 aromatic rings. The third-order valence-electron chi connectivity index (χ3n) is 0.549. The van der Waals surface area contributed by atoms with Gasteiger partial charge in [0.2, 0.25) is 5.91 Å². The lowest BCUT2D eigenvalue weighted by Gasteiger charge is -1.91. The van der Waals surface area contributed by atoms with Gasteiger partial charge in [0.25, 0.3) is 0 Å².